The SMILES string of the molecule is Cc1cccc(C)c1NC(=O)C(C)OC(=O)c1ccc(S(C)(=O)=O)c([N+](=O)[O-])c1. The van der Waals surface area contributed by atoms with Crippen molar-refractivity contribution in [2.24, 2.45) is 0 Å². The highest BCUT2D eigenvalue weighted by Crippen LogP contribution is 2.25. The van der Waals surface area contributed by atoms with Crippen LogP contribution in [0.1, 0.15) is 28.4 Å². The lowest BCUT2D eigenvalue weighted by molar-refractivity contribution is -0.387. The molecule has 0 radical (unpaired) electrons. The number of sulfone groups is 1. The number of anilines is 1. The predicted octanol–water partition coefficient (Wildman–Crippen LogP) is 2.80. The summed E-state index contributed by atoms with van der Waals surface area (Å²) in [5.74, 6) is -1.56. The van der Waals surface area contributed by atoms with Gasteiger partial charge in [-0.15, -0.1) is 0 Å². The molecule has 0 bridgehead atoms. The molecule has 0 fully saturated rings. The van der Waals surface area contributed by atoms with E-state index in [1.807, 2.05) is 32.0 Å². The van der Waals surface area contributed by atoms with E-state index in [1.165, 1.54) is 6.92 Å². The van der Waals surface area contributed by atoms with Crippen LogP contribution in [0.25, 0.3) is 0 Å². The summed E-state index contributed by atoms with van der Waals surface area (Å²) >= 11 is 0. The maximum Gasteiger partial charge on any atom is 0.339 e. The van der Waals surface area contributed by atoms with Crippen molar-refractivity contribution in [2.75, 3.05) is 11.6 Å². The molecule has 0 saturated carbocycles. The Kier molecular flexibility index (Phi) is 6.38. The van der Waals surface area contributed by atoms with Gasteiger partial charge in [0.05, 0.1) is 10.5 Å². The van der Waals surface area contributed by atoms with Crippen LogP contribution in [0.5, 0.6) is 0 Å². The molecule has 0 saturated heterocycles. The molecule has 0 spiro atoms. The van der Waals surface area contributed by atoms with E-state index in [1.54, 1.807) is 0 Å². The van der Waals surface area contributed by atoms with Crippen LogP contribution in [0, 0.1) is 24.0 Å². The summed E-state index contributed by atoms with van der Waals surface area (Å²) in [6.07, 6.45) is -0.358. The molecule has 1 N–H and O–H groups in total. The number of nitro benzene ring substituents is 1. The van der Waals surface area contributed by atoms with Crippen molar-refractivity contribution in [3.8, 4) is 0 Å². The van der Waals surface area contributed by atoms with E-state index in [9.17, 15) is 28.1 Å². The summed E-state index contributed by atoms with van der Waals surface area (Å²) in [5, 5.41) is 13.9. The summed E-state index contributed by atoms with van der Waals surface area (Å²) in [7, 11) is -3.86. The Bertz CT molecular complexity index is 1070. The van der Waals surface area contributed by atoms with Gasteiger partial charge in [-0.2, -0.15) is 0 Å². The number of benzene rings is 2. The number of ether oxygens (including phenoxy) is 1. The Morgan fingerprint density at radius 1 is 1.14 bits per heavy atom. The van der Waals surface area contributed by atoms with E-state index in [4.69, 9.17) is 4.74 Å². The standard InChI is InChI=1S/C19H20N2O7S/c1-11-6-5-7-12(2)17(11)20-18(22)13(3)28-19(23)14-8-9-16(29(4,26)27)15(10-14)21(24)25/h5-10,13H,1-4H3,(H,20,22). The highest BCUT2D eigenvalue weighted by atomic mass is 32.2. The van der Waals surface area contributed by atoms with Gasteiger partial charge in [0.2, 0.25) is 0 Å². The fraction of sp³-hybridized carbons (Fsp3) is 0.263. The average Bonchev–Trinajstić information content (AvgIpc) is 2.63. The number of amides is 1. The predicted molar refractivity (Wildman–Crippen MR) is 106 cm³/mol. The van der Waals surface area contributed by atoms with Crippen LogP contribution in [0.4, 0.5) is 11.4 Å². The summed E-state index contributed by atoms with van der Waals surface area (Å²) in [6, 6.07) is 8.36. The zero-order valence-electron chi connectivity index (χ0n) is 16.3. The molecule has 0 heterocycles. The van der Waals surface area contributed by atoms with E-state index in [0.717, 1.165) is 35.6 Å². The topological polar surface area (TPSA) is 133 Å². The Hall–Kier alpha value is -3.27. The first-order valence-electron chi connectivity index (χ1n) is 8.48. The van der Waals surface area contributed by atoms with Crippen LogP contribution in [-0.4, -0.2) is 37.6 Å². The monoisotopic (exact) mass is 420 g/mol. The van der Waals surface area contributed by atoms with Crippen LogP contribution in [-0.2, 0) is 19.4 Å². The molecular formula is C19H20N2O7S. The van der Waals surface area contributed by atoms with Crippen molar-refractivity contribution in [1.82, 2.24) is 0 Å². The first-order valence-corrected chi connectivity index (χ1v) is 10.4. The minimum Gasteiger partial charge on any atom is -0.449 e. The molecule has 0 aliphatic carbocycles. The molecule has 1 atom stereocenters. The molecule has 2 rings (SSSR count). The van der Waals surface area contributed by atoms with E-state index in [0.29, 0.717) is 5.69 Å². The number of para-hydroxylation sites is 1. The average molecular weight is 420 g/mol. The van der Waals surface area contributed by atoms with Crippen LogP contribution in [0.3, 0.4) is 0 Å². The molecule has 10 heteroatoms. The third-order valence-electron chi connectivity index (χ3n) is 4.17. The zero-order chi connectivity index (χ0) is 21.9. The number of hydrogen-bond donors (Lipinski definition) is 1. The van der Waals surface area contributed by atoms with Crippen molar-refractivity contribution in [3.05, 3.63) is 63.2 Å². The second kappa shape index (κ2) is 8.39. The fourth-order valence-electron chi connectivity index (χ4n) is 2.62. The molecule has 29 heavy (non-hydrogen) atoms. The number of aryl methyl sites for hydroxylation is 2. The third-order valence-corrected chi connectivity index (χ3v) is 5.32. The molecule has 9 nitrogen and oxygen atoms in total. The Labute approximate surface area is 167 Å². The maximum absolute atomic E-state index is 12.4. The molecule has 0 aliphatic rings. The second-order valence-corrected chi connectivity index (χ2v) is 8.50. The van der Waals surface area contributed by atoms with Crippen LogP contribution in [0.15, 0.2) is 41.3 Å². The molecule has 0 aromatic heterocycles. The zero-order valence-corrected chi connectivity index (χ0v) is 17.1. The summed E-state index contributed by atoms with van der Waals surface area (Å²) in [5.41, 5.74) is 1.30. The van der Waals surface area contributed by atoms with Gasteiger partial charge in [-0.3, -0.25) is 14.9 Å². The lowest BCUT2D eigenvalue weighted by Gasteiger charge is -2.16. The van der Waals surface area contributed by atoms with E-state index < -0.39 is 43.3 Å². The van der Waals surface area contributed by atoms with Crippen LogP contribution in [0.2, 0.25) is 0 Å². The largest absolute Gasteiger partial charge is 0.449 e. The first-order chi connectivity index (χ1) is 13.4. The highest BCUT2D eigenvalue weighted by Gasteiger charge is 2.26. The van der Waals surface area contributed by atoms with Crippen LogP contribution >= 0.6 is 0 Å². The van der Waals surface area contributed by atoms with Crippen molar-refractivity contribution < 1.29 is 27.7 Å². The van der Waals surface area contributed by atoms with E-state index in [2.05, 4.69) is 5.32 Å². The molecule has 154 valence electrons. The smallest absolute Gasteiger partial charge is 0.339 e. The van der Waals surface area contributed by atoms with E-state index in [-0.39, 0.29) is 5.56 Å². The fourth-order valence-corrected chi connectivity index (χ4v) is 3.45. The van der Waals surface area contributed by atoms with Gasteiger partial charge in [-0.05, 0) is 44.0 Å². The number of hydrogen-bond acceptors (Lipinski definition) is 7. The van der Waals surface area contributed by atoms with Crippen LogP contribution < -0.4 is 5.32 Å². The van der Waals surface area contributed by atoms with Gasteiger partial charge in [-0.25, -0.2) is 13.2 Å². The summed E-state index contributed by atoms with van der Waals surface area (Å²) in [6.45, 7) is 5.00. The number of nitro groups is 1. The molecule has 2 aromatic carbocycles. The number of carbonyl (C=O) groups is 2. The van der Waals surface area contributed by atoms with Crippen molar-refractivity contribution in [2.45, 2.75) is 31.8 Å². The van der Waals surface area contributed by atoms with Crippen molar-refractivity contribution in [1.29, 1.82) is 0 Å². The van der Waals surface area contributed by atoms with Gasteiger partial charge in [0.1, 0.15) is 4.90 Å². The minimum absolute atomic E-state index is 0.240. The Balaban J connectivity index is 2.20. The normalized spacial score (nSPS) is 12.1. The molecule has 1 unspecified atom stereocenters. The number of nitrogens with zero attached hydrogens (tertiary/aromatic N) is 1. The Morgan fingerprint density at radius 2 is 1.72 bits per heavy atom. The van der Waals surface area contributed by atoms with E-state index >= 15 is 0 Å². The van der Waals surface area contributed by atoms with Gasteiger partial charge >= 0.3 is 5.97 Å². The second-order valence-electron chi connectivity index (χ2n) is 6.52. The summed E-state index contributed by atoms with van der Waals surface area (Å²) < 4.78 is 28.4. The number of nitrogens with one attached hydrogen (secondary N) is 1. The molecule has 2 aromatic rings. The third kappa shape index (κ3) is 5.17. The number of rotatable bonds is 6. The van der Waals surface area contributed by atoms with Gasteiger partial charge in [-0.1, -0.05) is 18.2 Å². The maximum atomic E-state index is 12.4. The van der Waals surface area contributed by atoms with Crippen molar-refractivity contribution >= 4 is 33.1 Å². The number of carbonyl (C=O) groups excluding carboxylic acids is 2. The quantitative estimate of drug-likeness (QED) is 0.431. The van der Waals surface area contributed by atoms with Gasteiger partial charge in [0.25, 0.3) is 11.6 Å². The lowest BCUT2D eigenvalue weighted by Crippen LogP contribution is -2.30. The van der Waals surface area contributed by atoms with Gasteiger partial charge < -0.3 is 10.1 Å². The first kappa shape index (κ1) is 22.0. The van der Waals surface area contributed by atoms with Crippen molar-refractivity contribution in [3.63, 3.8) is 0 Å². The summed E-state index contributed by atoms with van der Waals surface area (Å²) in [4.78, 5) is 34.4. The minimum atomic E-state index is -3.86. The Morgan fingerprint density at radius 3 is 2.24 bits per heavy atom. The van der Waals surface area contributed by atoms with Gasteiger partial charge in [0.15, 0.2) is 15.9 Å². The molecular weight excluding hydrogens is 400 g/mol. The molecule has 0 aliphatic heterocycles. The number of esters is 1. The van der Waals surface area contributed by atoms with Gasteiger partial charge in [0, 0.05) is 18.0 Å². The molecule has 1 amide bonds. The highest BCUT2D eigenvalue weighted by molar-refractivity contribution is 7.90. The lowest BCUT2D eigenvalue weighted by atomic mass is 10.1.